The lowest BCUT2D eigenvalue weighted by Crippen LogP contribution is -1.96. The molecule has 0 aliphatic rings. The number of rotatable bonds is 4. The Hall–Kier alpha value is -6.84. The van der Waals surface area contributed by atoms with Crippen molar-refractivity contribution in [2.75, 3.05) is 0 Å². The van der Waals surface area contributed by atoms with Crippen molar-refractivity contribution in [1.82, 2.24) is 9.13 Å². The molecule has 11 rings (SSSR count). The van der Waals surface area contributed by atoms with Gasteiger partial charge in [0.15, 0.2) is 0 Å². The van der Waals surface area contributed by atoms with Gasteiger partial charge in [-0.2, -0.15) is 0 Å². The van der Waals surface area contributed by atoms with Gasteiger partial charge in [0.05, 0.1) is 22.1 Å². The number of hydrogen-bond acceptors (Lipinski definition) is 1. The molecule has 51 heavy (non-hydrogen) atoms. The Morgan fingerprint density at radius 2 is 0.902 bits per heavy atom. The minimum Gasteiger partial charge on any atom is -0.455 e. The SMILES string of the molecule is c1ccc(-c2ccc3c(c2)c2cc4c5ccccc5n(-c5ccccc5)c4cc2n3-c2ccc(-c3cccc4c3oc3ccccc34)cc2)cc1. The number of benzene rings is 8. The van der Waals surface area contributed by atoms with Crippen LogP contribution >= 0.6 is 0 Å². The van der Waals surface area contributed by atoms with Crippen LogP contribution in [-0.2, 0) is 0 Å². The fourth-order valence-corrected chi connectivity index (χ4v) is 8.19. The molecule has 11 aromatic rings. The van der Waals surface area contributed by atoms with E-state index in [0.29, 0.717) is 0 Å². The topological polar surface area (TPSA) is 23.0 Å². The molecule has 0 spiro atoms. The summed E-state index contributed by atoms with van der Waals surface area (Å²) in [5.74, 6) is 0. The highest BCUT2D eigenvalue weighted by Gasteiger charge is 2.19. The predicted octanol–water partition coefficient (Wildman–Crippen LogP) is 13.1. The molecule has 0 atom stereocenters. The minimum atomic E-state index is 0.913. The Morgan fingerprint density at radius 1 is 0.314 bits per heavy atom. The summed E-state index contributed by atoms with van der Waals surface area (Å²) >= 11 is 0. The first-order valence-electron chi connectivity index (χ1n) is 17.4. The third-order valence-corrected chi connectivity index (χ3v) is 10.5. The number of fused-ring (bicyclic) bond motifs is 9. The smallest absolute Gasteiger partial charge is 0.143 e. The van der Waals surface area contributed by atoms with Crippen molar-refractivity contribution < 1.29 is 4.42 Å². The van der Waals surface area contributed by atoms with Gasteiger partial charge in [0.25, 0.3) is 0 Å². The Bertz CT molecular complexity index is 3110. The van der Waals surface area contributed by atoms with E-state index in [0.717, 1.165) is 44.4 Å². The highest BCUT2D eigenvalue weighted by atomic mass is 16.3. The molecule has 3 nitrogen and oxygen atoms in total. The van der Waals surface area contributed by atoms with Crippen molar-refractivity contribution in [2.24, 2.45) is 0 Å². The summed E-state index contributed by atoms with van der Waals surface area (Å²) in [7, 11) is 0. The first-order valence-corrected chi connectivity index (χ1v) is 17.4. The zero-order valence-electron chi connectivity index (χ0n) is 27.6. The molecule has 3 heteroatoms. The molecule has 3 heterocycles. The third kappa shape index (κ3) is 4.19. The molecular weight excluding hydrogens is 621 g/mol. The van der Waals surface area contributed by atoms with Gasteiger partial charge in [-0.15, -0.1) is 0 Å². The van der Waals surface area contributed by atoms with Gasteiger partial charge in [0.1, 0.15) is 11.2 Å². The minimum absolute atomic E-state index is 0.913. The van der Waals surface area contributed by atoms with Gasteiger partial charge < -0.3 is 13.6 Å². The van der Waals surface area contributed by atoms with Crippen LogP contribution in [0.25, 0.3) is 99.2 Å². The van der Waals surface area contributed by atoms with Gasteiger partial charge in [-0.05, 0) is 77.4 Å². The first-order chi connectivity index (χ1) is 25.3. The van der Waals surface area contributed by atoms with Crippen molar-refractivity contribution >= 4 is 65.6 Å². The maximum absolute atomic E-state index is 6.41. The lowest BCUT2D eigenvalue weighted by molar-refractivity contribution is 0.670. The largest absolute Gasteiger partial charge is 0.455 e. The molecule has 0 aliphatic carbocycles. The molecule has 0 saturated carbocycles. The first kappa shape index (κ1) is 28.0. The van der Waals surface area contributed by atoms with Gasteiger partial charge >= 0.3 is 0 Å². The number of aromatic nitrogens is 2. The van der Waals surface area contributed by atoms with Gasteiger partial charge in [0.2, 0.25) is 0 Å². The van der Waals surface area contributed by atoms with E-state index >= 15 is 0 Å². The van der Waals surface area contributed by atoms with E-state index in [1.165, 1.54) is 54.7 Å². The maximum atomic E-state index is 6.41. The van der Waals surface area contributed by atoms with E-state index in [9.17, 15) is 0 Å². The Balaban J connectivity index is 1.17. The van der Waals surface area contributed by atoms with E-state index in [2.05, 4.69) is 179 Å². The van der Waals surface area contributed by atoms with E-state index in [-0.39, 0.29) is 0 Å². The molecule has 0 amide bonds. The molecule has 0 bridgehead atoms. The lowest BCUT2D eigenvalue weighted by Gasteiger charge is -2.11. The van der Waals surface area contributed by atoms with Crippen LogP contribution in [0.2, 0.25) is 0 Å². The van der Waals surface area contributed by atoms with Gasteiger partial charge in [0, 0.05) is 49.3 Å². The molecule has 3 aromatic heterocycles. The standard InChI is InChI=1S/C48H30N2O/c1-3-12-31(13-4-1)33-24-27-44-40(28-33)42-29-41-37-16-7-9-20-43(37)49(34-14-5-2-6-15-34)45(41)30-46(42)50(44)35-25-22-32(23-26-35)36-18-11-19-39-38-17-8-10-21-47(38)51-48(36)39/h1-30H. The fraction of sp³-hybridized carbons (Fsp3) is 0. The van der Waals surface area contributed by atoms with Crippen molar-refractivity contribution in [3.05, 3.63) is 182 Å². The normalized spacial score (nSPS) is 11.9. The van der Waals surface area contributed by atoms with Crippen LogP contribution in [0.5, 0.6) is 0 Å². The van der Waals surface area contributed by atoms with E-state index < -0.39 is 0 Å². The summed E-state index contributed by atoms with van der Waals surface area (Å²) in [4.78, 5) is 0. The summed E-state index contributed by atoms with van der Waals surface area (Å²) in [5.41, 5.74) is 13.5. The van der Waals surface area contributed by atoms with Crippen LogP contribution < -0.4 is 0 Å². The van der Waals surface area contributed by atoms with Crippen molar-refractivity contribution in [3.63, 3.8) is 0 Å². The molecule has 0 fully saturated rings. The van der Waals surface area contributed by atoms with E-state index in [1.54, 1.807) is 0 Å². The number of hydrogen-bond donors (Lipinski definition) is 0. The van der Waals surface area contributed by atoms with Crippen LogP contribution in [0.4, 0.5) is 0 Å². The second-order valence-electron chi connectivity index (χ2n) is 13.3. The van der Waals surface area contributed by atoms with Gasteiger partial charge in [-0.1, -0.05) is 121 Å². The number of para-hydroxylation sites is 4. The molecule has 0 aliphatic heterocycles. The van der Waals surface area contributed by atoms with Crippen molar-refractivity contribution in [1.29, 1.82) is 0 Å². The summed E-state index contributed by atoms with van der Waals surface area (Å²) < 4.78 is 11.2. The average Bonchev–Trinajstić information content (AvgIpc) is 3.85. The Labute approximate surface area is 293 Å². The molecule has 0 saturated heterocycles. The van der Waals surface area contributed by atoms with E-state index in [4.69, 9.17) is 4.42 Å². The zero-order valence-corrected chi connectivity index (χ0v) is 27.6. The van der Waals surface area contributed by atoms with Crippen LogP contribution in [0.1, 0.15) is 0 Å². The summed E-state index contributed by atoms with van der Waals surface area (Å²) in [6.45, 7) is 0. The van der Waals surface area contributed by atoms with Crippen molar-refractivity contribution in [3.8, 4) is 33.6 Å². The third-order valence-electron chi connectivity index (χ3n) is 10.5. The molecule has 8 aromatic carbocycles. The summed E-state index contributed by atoms with van der Waals surface area (Å²) in [6.07, 6.45) is 0. The fourth-order valence-electron chi connectivity index (χ4n) is 8.19. The van der Waals surface area contributed by atoms with Crippen LogP contribution in [-0.4, -0.2) is 9.13 Å². The molecule has 0 unspecified atom stereocenters. The predicted molar refractivity (Wildman–Crippen MR) is 213 cm³/mol. The highest BCUT2D eigenvalue weighted by molar-refractivity contribution is 6.19. The second kappa shape index (κ2) is 10.8. The maximum Gasteiger partial charge on any atom is 0.143 e. The van der Waals surface area contributed by atoms with Gasteiger partial charge in [-0.3, -0.25) is 0 Å². The van der Waals surface area contributed by atoms with Crippen LogP contribution in [0.3, 0.4) is 0 Å². The lowest BCUT2D eigenvalue weighted by atomic mass is 10.0. The van der Waals surface area contributed by atoms with Crippen molar-refractivity contribution in [2.45, 2.75) is 0 Å². The summed E-state index contributed by atoms with van der Waals surface area (Å²) in [6, 6.07) is 65.5. The second-order valence-corrected chi connectivity index (χ2v) is 13.3. The number of furan rings is 1. The molecule has 0 N–H and O–H groups in total. The number of nitrogens with zero attached hydrogens (tertiary/aromatic N) is 2. The van der Waals surface area contributed by atoms with Crippen LogP contribution in [0.15, 0.2) is 186 Å². The van der Waals surface area contributed by atoms with E-state index in [1.807, 2.05) is 12.1 Å². The quantitative estimate of drug-likeness (QED) is 0.186. The molecular formula is C48H30N2O. The highest BCUT2D eigenvalue weighted by Crippen LogP contribution is 2.41. The van der Waals surface area contributed by atoms with Gasteiger partial charge in [-0.25, -0.2) is 0 Å². The zero-order chi connectivity index (χ0) is 33.5. The van der Waals surface area contributed by atoms with Crippen LogP contribution in [0, 0.1) is 0 Å². The Kier molecular flexibility index (Phi) is 5.96. The average molecular weight is 651 g/mol. The summed E-state index contributed by atoms with van der Waals surface area (Å²) in [5, 5.41) is 7.26. The molecule has 0 radical (unpaired) electrons. The molecule has 238 valence electrons. The Morgan fingerprint density at radius 3 is 1.71 bits per heavy atom. The monoisotopic (exact) mass is 650 g/mol.